The van der Waals surface area contributed by atoms with Crippen LogP contribution in [0.25, 0.3) is 11.3 Å². The van der Waals surface area contributed by atoms with E-state index in [1.807, 2.05) is 0 Å². The highest BCUT2D eigenvalue weighted by molar-refractivity contribution is 5.66. The van der Waals surface area contributed by atoms with Gasteiger partial charge >= 0.3 is 6.18 Å². The minimum atomic E-state index is -4.42. The number of nitrogens with two attached hydrogens (primary N) is 1. The molecule has 0 bridgehead atoms. The van der Waals surface area contributed by atoms with Crippen molar-refractivity contribution in [2.45, 2.75) is 12.7 Å². The number of halogens is 3. The molecule has 7 heteroatoms. The first-order valence-corrected chi connectivity index (χ1v) is 5.20. The number of alkyl halides is 3. The van der Waals surface area contributed by atoms with Crippen LogP contribution in [0.5, 0.6) is 0 Å². The van der Waals surface area contributed by atoms with Crippen molar-refractivity contribution in [1.82, 2.24) is 15.0 Å². The van der Waals surface area contributed by atoms with Crippen molar-refractivity contribution in [3.8, 4) is 11.3 Å². The van der Waals surface area contributed by atoms with Crippen molar-refractivity contribution in [2.75, 3.05) is 0 Å². The van der Waals surface area contributed by atoms with Gasteiger partial charge in [0.25, 0.3) is 0 Å². The lowest BCUT2D eigenvalue weighted by molar-refractivity contribution is -0.137. The fourth-order valence-electron chi connectivity index (χ4n) is 1.80. The van der Waals surface area contributed by atoms with Gasteiger partial charge in [0, 0.05) is 19.2 Å². The quantitative estimate of drug-likeness (QED) is 0.893. The van der Waals surface area contributed by atoms with E-state index < -0.39 is 11.7 Å². The lowest BCUT2D eigenvalue weighted by atomic mass is 10.0. The first kappa shape index (κ1) is 12.6. The van der Waals surface area contributed by atoms with Gasteiger partial charge in [0.15, 0.2) is 0 Å². The smallest absolute Gasteiger partial charge is 0.325 e. The number of benzene rings is 1. The lowest BCUT2D eigenvalue weighted by Gasteiger charge is -2.13. The van der Waals surface area contributed by atoms with E-state index in [9.17, 15) is 13.2 Å². The van der Waals surface area contributed by atoms with Gasteiger partial charge in [0.1, 0.15) is 5.69 Å². The Kier molecular flexibility index (Phi) is 3.08. The van der Waals surface area contributed by atoms with Crippen LogP contribution in [0.3, 0.4) is 0 Å². The second-order valence-electron chi connectivity index (χ2n) is 3.76. The molecule has 18 heavy (non-hydrogen) atoms. The van der Waals surface area contributed by atoms with E-state index in [0.717, 1.165) is 6.07 Å². The van der Waals surface area contributed by atoms with Crippen molar-refractivity contribution < 1.29 is 13.2 Å². The molecule has 0 aliphatic heterocycles. The molecule has 0 atom stereocenters. The van der Waals surface area contributed by atoms with E-state index in [1.54, 1.807) is 0 Å². The Morgan fingerprint density at radius 3 is 2.56 bits per heavy atom. The molecule has 0 radical (unpaired) electrons. The van der Waals surface area contributed by atoms with Gasteiger partial charge in [-0.25, -0.2) is 4.68 Å². The number of hydrogen-bond donors (Lipinski definition) is 1. The molecule has 0 spiro atoms. The highest BCUT2D eigenvalue weighted by Crippen LogP contribution is 2.37. The van der Waals surface area contributed by atoms with E-state index in [-0.39, 0.29) is 12.1 Å². The van der Waals surface area contributed by atoms with E-state index in [2.05, 4.69) is 10.3 Å². The molecule has 4 nitrogen and oxygen atoms in total. The molecule has 2 aromatic rings. The normalized spacial score (nSPS) is 11.8. The first-order chi connectivity index (χ1) is 8.45. The van der Waals surface area contributed by atoms with Crippen molar-refractivity contribution in [3.05, 3.63) is 35.5 Å². The van der Waals surface area contributed by atoms with E-state index in [0.29, 0.717) is 11.4 Å². The van der Waals surface area contributed by atoms with Gasteiger partial charge in [0.2, 0.25) is 0 Å². The number of aryl methyl sites for hydroxylation is 1. The minimum Gasteiger partial charge on any atom is -0.325 e. The molecule has 0 fully saturated rings. The zero-order chi connectivity index (χ0) is 13.3. The third-order valence-corrected chi connectivity index (χ3v) is 2.58. The van der Waals surface area contributed by atoms with Crippen LogP contribution in [0.15, 0.2) is 24.3 Å². The zero-order valence-electron chi connectivity index (χ0n) is 9.57. The van der Waals surface area contributed by atoms with Gasteiger partial charge in [-0.2, -0.15) is 13.2 Å². The van der Waals surface area contributed by atoms with Gasteiger partial charge < -0.3 is 5.73 Å². The van der Waals surface area contributed by atoms with Crippen molar-refractivity contribution in [3.63, 3.8) is 0 Å². The van der Waals surface area contributed by atoms with Gasteiger partial charge in [0.05, 0.1) is 11.3 Å². The van der Waals surface area contributed by atoms with E-state index >= 15 is 0 Å². The molecule has 0 aliphatic carbocycles. The van der Waals surface area contributed by atoms with Crippen LogP contribution >= 0.6 is 0 Å². The van der Waals surface area contributed by atoms with Gasteiger partial charge in [-0.05, 0) is 6.07 Å². The highest BCUT2D eigenvalue weighted by Gasteiger charge is 2.34. The monoisotopic (exact) mass is 256 g/mol. The largest absolute Gasteiger partial charge is 0.417 e. The Balaban J connectivity index is 2.68. The van der Waals surface area contributed by atoms with Gasteiger partial charge in [-0.1, -0.05) is 23.4 Å². The molecule has 2 rings (SSSR count). The summed E-state index contributed by atoms with van der Waals surface area (Å²) >= 11 is 0. The zero-order valence-corrected chi connectivity index (χ0v) is 9.57. The van der Waals surface area contributed by atoms with Crippen LogP contribution in [0, 0.1) is 0 Å². The summed E-state index contributed by atoms with van der Waals surface area (Å²) in [5, 5.41) is 7.46. The van der Waals surface area contributed by atoms with Crippen LogP contribution in [0.2, 0.25) is 0 Å². The summed E-state index contributed by atoms with van der Waals surface area (Å²) in [6.45, 7) is 0.0371. The maximum absolute atomic E-state index is 12.9. The van der Waals surface area contributed by atoms with Crippen LogP contribution in [0.4, 0.5) is 13.2 Å². The first-order valence-electron chi connectivity index (χ1n) is 5.20. The summed E-state index contributed by atoms with van der Waals surface area (Å²) < 4.78 is 40.1. The Bertz CT molecular complexity index is 560. The van der Waals surface area contributed by atoms with Crippen LogP contribution in [-0.2, 0) is 19.8 Å². The van der Waals surface area contributed by atoms with E-state index in [4.69, 9.17) is 5.73 Å². The number of rotatable bonds is 2. The molecule has 0 saturated carbocycles. The van der Waals surface area contributed by atoms with Crippen molar-refractivity contribution in [1.29, 1.82) is 0 Å². The molecular formula is C11H11F3N4. The van der Waals surface area contributed by atoms with Crippen LogP contribution in [0.1, 0.15) is 11.3 Å². The third kappa shape index (κ3) is 2.08. The predicted octanol–water partition coefficient (Wildman–Crippen LogP) is 1.96. The average Bonchev–Trinajstić information content (AvgIpc) is 2.69. The topological polar surface area (TPSA) is 56.7 Å². The third-order valence-electron chi connectivity index (χ3n) is 2.58. The fourth-order valence-corrected chi connectivity index (χ4v) is 1.80. The SMILES string of the molecule is Cn1nnc(CN)c1-c1ccccc1C(F)(F)F. The van der Waals surface area contributed by atoms with Crippen molar-refractivity contribution in [2.24, 2.45) is 12.8 Å². The van der Waals surface area contributed by atoms with Crippen LogP contribution in [-0.4, -0.2) is 15.0 Å². The Morgan fingerprint density at radius 1 is 1.28 bits per heavy atom. The molecule has 96 valence electrons. The molecule has 0 aliphatic rings. The molecule has 2 N–H and O–H groups in total. The summed E-state index contributed by atoms with van der Waals surface area (Å²) in [7, 11) is 1.54. The second-order valence-corrected chi connectivity index (χ2v) is 3.76. The summed E-state index contributed by atoms with van der Waals surface area (Å²) in [5.41, 5.74) is 5.42. The molecule has 0 amide bonds. The summed E-state index contributed by atoms with van der Waals surface area (Å²) in [4.78, 5) is 0. The molecule has 0 unspecified atom stereocenters. The van der Waals surface area contributed by atoms with Gasteiger partial charge in [-0.15, -0.1) is 5.10 Å². The maximum Gasteiger partial charge on any atom is 0.417 e. The summed E-state index contributed by atoms with van der Waals surface area (Å²) in [6.07, 6.45) is -4.42. The molecule has 1 aromatic heterocycles. The van der Waals surface area contributed by atoms with Crippen molar-refractivity contribution >= 4 is 0 Å². The standard InChI is InChI=1S/C11H11F3N4/c1-18-10(9(6-15)16-17-18)7-4-2-3-5-8(7)11(12,13)14/h2-5H,6,15H2,1H3. The van der Waals surface area contributed by atoms with Crippen LogP contribution < -0.4 is 5.73 Å². The Hall–Kier alpha value is -1.89. The van der Waals surface area contributed by atoms with E-state index in [1.165, 1.54) is 29.9 Å². The maximum atomic E-state index is 12.9. The van der Waals surface area contributed by atoms with Gasteiger partial charge in [-0.3, -0.25) is 0 Å². The fraction of sp³-hybridized carbons (Fsp3) is 0.273. The summed E-state index contributed by atoms with van der Waals surface area (Å²) in [6, 6.07) is 5.30. The minimum absolute atomic E-state index is 0.0371. The Labute approximate surface area is 101 Å². The number of aromatic nitrogens is 3. The summed E-state index contributed by atoms with van der Waals surface area (Å²) in [5.74, 6) is 0. The number of hydrogen-bond acceptors (Lipinski definition) is 3. The molecular weight excluding hydrogens is 245 g/mol. The molecule has 1 heterocycles. The highest BCUT2D eigenvalue weighted by atomic mass is 19.4. The average molecular weight is 256 g/mol. The Morgan fingerprint density at radius 2 is 1.94 bits per heavy atom. The number of nitrogens with zero attached hydrogens (tertiary/aromatic N) is 3. The molecule has 1 aromatic carbocycles. The lowest BCUT2D eigenvalue weighted by Crippen LogP contribution is -2.09. The predicted molar refractivity (Wildman–Crippen MR) is 59.3 cm³/mol. The second kappa shape index (κ2) is 4.41. The molecule has 0 saturated heterocycles.